The van der Waals surface area contributed by atoms with E-state index in [2.05, 4.69) is 6.92 Å². The third kappa shape index (κ3) is 13.7. The molecule has 0 bridgehead atoms. The van der Waals surface area contributed by atoms with Crippen molar-refractivity contribution < 1.29 is 34.3 Å². The van der Waals surface area contributed by atoms with Gasteiger partial charge >= 0.3 is 0 Å². The molecule has 0 aliphatic carbocycles. The minimum absolute atomic E-state index is 0.175. The highest BCUT2D eigenvalue weighted by atomic mass is 16.7. The molecule has 1 saturated heterocycles. The molecule has 1 aliphatic heterocycles. The highest BCUT2D eigenvalue weighted by molar-refractivity contribution is 4.91. The van der Waals surface area contributed by atoms with Crippen LogP contribution in [0, 0.1) is 0 Å². The summed E-state index contributed by atoms with van der Waals surface area (Å²) in [5.41, 5.74) is 5.88. The molecule has 0 aromatic carbocycles. The van der Waals surface area contributed by atoms with Gasteiger partial charge in [0, 0.05) is 13.7 Å². The van der Waals surface area contributed by atoms with Gasteiger partial charge in [-0.2, -0.15) is 0 Å². The summed E-state index contributed by atoms with van der Waals surface area (Å²) in [5, 5.41) is 29.1. The molecule has 1 fully saturated rings. The van der Waals surface area contributed by atoms with Crippen LogP contribution in [-0.2, 0) is 18.9 Å². The summed E-state index contributed by atoms with van der Waals surface area (Å²) in [5.74, 6) is 0. The number of methoxy groups -OCH3 is 1. The molecule has 34 heavy (non-hydrogen) atoms. The van der Waals surface area contributed by atoms with Crippen LogP contribution in [0.5, 0.6) is 0 Å². The van der Waals surface area contributed by atoms with Gasteiger partial charge in [-0.15, -0.1) is 0 Å². The maximum absolute atomic E-state index is 10.00. The lowest BCUT2D eigenvalue weighted by molar-refractivity contribution is -0.271. The molecule has 204 valence electrons. The van der Waals surface area contributed by atoms with Crippen molar-refractivity contribution in [2.75, 3.05) is 33.5 Å². The Labute approximate surface area is 207 Å². The Bertz CT molecular complexity index is 455. The number of hydrogen-bond donors (Lipinski definition) is 4. The van der Waals surface area contributed by atoms with Gasteiger partial charge in [0.1, 0.15) is 24.4 Å². The van der Waals surface area contributed by atoms with Crippen molar-refractivity contribution in [3.05, 3.63) is 0 Å². The van der Waals surface area contributed by atoms with Crippen molar-refractivity contribution in [2.24, 2.45) is 5.73 Å². The summed E-state index contributed by atoms with van der Waals surface area (Å²) >= 11 is 0. The number of aliphatic hydroxyl groups excluding tert-OH is 3. The minimum Gasteiger partial charge on any atom is -0.394 e. The van der Waals surface area contributed by atoms with Crippen molar-refractivity contribution in [3.63, 3.8) is 0 Å². The van der Waals surface area contributed by atoms with Gasteiger partial charge in [0.25, 0.3) is 0 Å². The molecule has 1 heterocycles. The monoisotopic (exact) mass is 491 g/mol. The molecular formula is C26H53NO7. The van der Waals surface area contributed by atoms with E-state index in [0.717, 1.165) is 6.42 Å². The quantitative estimate of drug-likeness (QED) is 0.170. The summed E-state index contributed by atoms with van der Waals surface area (Å²) in [6.07, 6.45) is 14.0. The molecule has 0 saturated carbocycles. The van der Waals surface area contributed by atoms with E-state index in [0.29, 0.717) is 13.2 Å². The zero-order valence-electron chi connectivity index (χ0n) is 21.7. The summed E-state index contributed by atoms with van der Waals surface area (Å²) < 4.78 is 22.2. The zero-order chi connectivity index (χ0) is 25.0. The molecule has 6 atom stereocenters. The van der Waals surface area contributed by atoms with Crippen molar-refractivity contribution in [3.8, 4) is 0 Å². The van der Waals surface area contributed by atoms with Crippen molar-refractivity contribution in [1.29, 1.82) is 0 Å². The Kier molecular flexibility index (Phi) is 19.4. The fourth-order valence-electron chi connectivity index (χ4n) is 4.25. The standard InChI is InChI=1S/C26H53NO7/c1-3-4-5-6-7-8-9-10-11-12-13-14-15-16-17-32-19-21(31-2)20-33-26-23(27)25(30)24(29)22(18-28)34-26/h21-26,28-30H,3-20,27H2,1-2H3/t21-,22+,23+,24+,25+,26+/m0/s1. The lowest BCUT2D eigenvalue weighted by atomic mass is 9.98. The van der Waals surface area contributed by atoms with Gasteiger partial charge in [-0.3, -0.25) is 0 Å². The second-order valence-electron chi connectivity index (χ2n) is 9.65. The molecule has 0 radical (unpaired) electrons. The largest absolute Gasteiger partial charge is 0.394 e. The molecular weight excluding hydrogens is 438 g/mol. The van der Waals surface area contributed by atoms with Crippen LogP contribution in [0.25, 0.3) is 0 Å². The normalized spacial score (nSPS) is 26.1. The molecule has 0 unspecified atom stereocenters. The number of unbranched alkanes of at least 4 members (excludes halogenated alkanes) is 13. The van der Waals surface area contributed by atoms with Gasteiger partial charge in [-0.25, -0.2) is 0 Å². The maximum Gasteiger partial charge on any atom is 0.175 e. The summed E-state index contributed by atoms with van der Waals surface area (Å²) in [6, 6.07) is -0.910. The van der Waals surface area contributed by atoms with Crippen molar-refractivity contribution >= 4 is 0 Å². The van der Waals surface area contributed by atoms with E-state index < -0.39 is 37.3 Å². The maximum atomic E-state index is 10.00. The van der Waals surface area contributed by atoms with Crippen LogP contribution in [0.3, 0.4) is 0 Å². The molecule has 0 amide bonds. The number of rotatable bonds is 22. The average molecular weight is 492 g/mol. The topological polar surface area (TPSA) is 124 Å². The number of ether oxygens (including phenoxy) is 4. The highest BCUT2D eigenvalue weighted by Gasteiger charge is 2.43. The lowest BCUT2D eigenvalue weighted by Gasteiger charge is -2.40. The molecule has 1 rings (SSSR count). The molecule has 1 aliphatic rings. The van der Waals surface area contributed by atoms with E-state index in [1.54, 1.807) is 7.11 Å². The fraction of sp³-hybridized carbons (Fsp3) is 1.00. The SMILES string of the molecule is CCCCCCCCCCCCCCCCOC[C@@H](CO[C@@H]1O[C@H](CO)[C@@H](O)[C@H](O)[C@H]1N)OC. The summed E-state index contributed by atoms with van der Waals surface area (Å²) in [7, 11) is 1.58. The van der Waals surface area contributed by atoms with Gasteiger partial charge in [-0.1, -0.05) is 90.4 Å². The highest BCUT2D eigenvalue weighted by Crippen LogP contribution is 2.21. The first-order valence-corrected chi connectivity index (χ1v) is 13.6. The van der Waals surface area contributed by atoms with Crippen LogP contribution in [0.15, 0.2) is 0 Å². The van der Waals surface area contributed by atoms with Crippen LogP contribution < -0.4 is 5.73 Å². The fourth-order valence-corrected chi connectivity index (χ4v) is 4.25. The van der Waals surface area contributed by atoms with Crippen LogP contribution >= 0.6 is 0 Å². The molecule has 8 nitrogen and oxygen atoms in total. The third-order valence-corrected chi connectivity index (χ3v) is 6.65. The van der Waals surface area contributed by atoms with Gasteiger partial charge < -0.3 is 40.0 Å². The molecule has 5 N–H and O–H groups in total. The molecule has 8 heteroatoms. The van der Waals surface area contributed by atoms with Gasteiger partial charge in [0.15, 0.2) is 6.29 Å². The number of aliphatic hydroxyl groups is 3. The molecule has 0 spiro atoms. The van der Waals surface area contributed by atoms with E-state index in [4.69, 9.17) is 24.7 Å². The Hall–Kier alpha value is -0.320. The minimum atomic E-state index is -1.24. The number of hydrogen-bond acceptors (Lipinski definition) is 8. The van der Waals surface area contributed by atoms with Crippen LogP contribution in [-0.4, -0.2) is 85.6 Å². The van der Waals surface area contributed by atoms with Gasteiger partial charge in [-0.05, 0) is 6.42 Å². The Morgan fingerprint density at radius 1 is 0.794 bits per heavy atom. The van der Waals surface area contributed by atoms with E-state index in [-0.39, 0.29) is 12.7 Å². The first-order valence-electron chi connectivity index (χ1n) is 13.6. The first-order chi connectivity index (χ1) is 16.5. The Morgan fingerprint density at radius 2 is 1.32 bits per heavy atom. The second kappa shape index (κ2) is 20.8. The Balaban J connectivity index is 1.97. The smallest absolute Gasteiger partial charge is 0.175 e. The van der Waals surface area contributed by atoms with E-state index in [9.17, 15) is 15.3 Å². The second-order valence-corrected chi connectivity index (χ2v) is 9.65. The van der Waals surface area contributed by atoms with Crippen LogP contribution in [0.2, 0.25) is 0 Å². The number of nitrogens with two attached hydrogens (primary N) is 1. The van der Waals surface area contributed by atoms with E-state index in [1.165, 1.54) is 83.5 Å². The summed E-state index contributed by atoms with van der Waals surface area (Å²) in [4.78, 5) is 0. The van der Waals surface area contributed by atoms with E-state index in [1.807, 2.05) is 0 Å². The molecule has 0 aromatic heterocycles. The van der Waals surface area contributed by atoms with Gasteiger partial charge in [0.05, 0.1) is 25.9 Å². The first kappa shape index (κ1) is 31.7. The van der Waals surface area contributed by atoms with Crippen LogP contribution in [0.4, 0.5) is 0 Å². The molecule has 0 aromatic rings. The predicted molar refractivity (Wildman–Crippen MR) is 134 cm³/mol. The predicted octanol–water partition coefficient (Wildman–Crippen LogP) is 3.28. The van der Waals surface area contributed by atoms with Crippen molar-refractivity contribution in [2.45, 2.75) is 134 Å². The average Bonchev–Trinajstić information content (AvgIpc) is 2.85. The van der Waals surface area contributed by atoms with Crippen molar-refractivity contribution in [1.82, 2.24) is 0 Å². The lowest BCUT2D eigenvalue weighted by Crippen LogP contribution is -2.62. The van der Waals surface area contributed by atoms with E-state index >= 15 is 0 Å². The zero-order valence-corrected chi connectivity index (χ0v) is 21.7. The Morgan fingerprint density at radius 3 is 1.82 bits per heavy atom. The van der Waals surface area contributed by atoms with Crippen LogP contribution in [0.1, 0.15) is 96.8 Å². The third-order valence-electron chi connectivity index (χ3n) is 6.65. The van der Waals surface area contributed by atoms with Gasteiger partial charge in [0.2, 0.25) is 0 Å². The summed E-state index contributed by atoms with van der Waals surface area (Å²) in [6.45, 7) is 3.10.